The highest BCUT2D eigenvalue weighted by molar-refractivity contribution is 6.18. The zero-order valence-corrected chi connectivity index (χ0v) is 13.4. The minimum Gasteiger partial charge on any atom is -0.496 e. The average molecular weight is 331 g/mol. The second-order valence-corrected chi connectivity index (χ2v) is 5.34. The fraction of sp³-hybridized carbons (Fsp3) is 0.533. The van der Waals surface area contributed by atoms with E-state index in [-0.39, 0.29) is 13.0 Å². The van der Waals surface area contributed by atoms with Gasteiger partial charge in [-0.05, 0) is 30.2 Å². The summed E-state index contributed by atoms with van der Waals surface area (Å²) >= 11 is 5.79. The van der Waals surface area contributed by atoms with Gasteiger partial charge in [0, 0.05) is 30.7 Å². The summed E-state index contributed by atoms with van der Waals surface area (Å²) in [6.45, 7) is 1.10. The molecule has 0 saturated heterocycles. The summed E-state index contributed by atoms with van der Waals surface area (Å²) < 4.78 is 5.31. The summed E-state index contributed by atoms with van der Waals surface area (Å²) in [6, 6.07) is 5.12. The van der Waals surface area contributed by atoms with Crippen LogP contribution in [0.3, 0.4) is 0 Å². The van der Waals surface area contributed by atoms with Crippen LogP contribution in [-0.2, 0) is 11.2 Å². The average Bonchev–Trinajstić information content (AvgIpc) is 2.46. The number of anilines is 1. The van der Waals surface area contributed by atoms with Gasteiger partial charge >= 0.3 is 5.97 Å². The van der Waals surface area contributed by atoms with Gasteiger partial charge < -0.3 is 25.6 Å². The van der Waals surface area contributed by atoms with Gasteiger partial charge in [-0.2, -0.15) is 0 Å². The Morgan fingerprint density at radius 1 is 1.45 bits per heavy atom. The van der Waals surface area contributed by atoms with Crippen LogP contribution in [0.25, 0.3) is 0 Å². The molecule has 0 amide bonds. The van der Waals surface area contributed by atoms with Crippen LogP contribution in [0.5, 0.6) is 5.75 Å². The van der Waals surface area contributed by atoms with Gasteiger partial charge in [0.2, 0.25) is 0 Å². The molecule has 1 rings (SSSR count). The van der Waals surface area contributed by atoms with Crippen molar-refractivity contribution in [3.63, 3.8) is 0 Å². The van der Waals surface area contributed by atoms with Crippen molar-refractivity contribution in [2.45, 2.75) is 18.9 Å². The first-order valence-corrected chi connectivity index (χ1v) is 7.61. The molecule has 0 aliphatic rings. The van der Waals surface area contributed by atoms with E-state index in [0.717, 1.165) is 11.3 Å². The van der Waals surface area contributed by atoms with Crippen LogP contribution in [0.4, 0.5) is 5.69 Å². The van der Waals surface area contributed by atoms with Crippen LogP contribution in [-0.4, -0.2) is 54.9 Å². The molecule has 0 bridgehead atoms. The van der Waals surface area contributed by atoms with E-state index >= 15 is 0 Å². The Morgan fingerprint density at radius 3 is 2.73 bits per heavy atom. The van der Waals surface area contributed by atoms with Crippen LogP contribution in [0.15, 0.2) is 18.2 Å². The summed E-state index contributed by atoms with van der Waals surface area (Å²) in [6.07, 6.45) is 0.298. The van der Waals surface area contributed by atoms with E-state index in [1.807, 2.05) is 23.1 Å². The van der Waals surface area contributed by atoms with Crippen LogP contribution in [0.2, 0.25) is 0 Å². The van der Waals surface area contributed by atoms with Gasteiger partial charge in [0.15, 0.2) is 0 Å². The highest BCUT2D eigenvalue weighted by Crippen LogP contribution is 2.26. The Labute approximate surface area is 135 Å². The van der Waals surface area contributed by atoms with Crippen LogP contribution < -0.4 is 15.4 Å². The van der Waals surface area contributed by atoms with Crippen LogP contribution in [0, 0.1) is 0 Å². The van der Waals surface area contributed by atoms with Gasteiger partial charge in [-0.3, -0.25) is 4.79 Å². The lowest BCUT2D eigenvalue weighted by Crippen LogP contribution is -2.29. The van der Waals surface area contributed by atoms with E-state index < -0.39 is 12.0 Å². The summed E-state index contributed by atoms with van der Waals surface area (Å²) in [7, 11) is 1.56. The molecule has 0 unspecified atom stereocenters. The standard InChI is InChI=1S/C15H23ClN2O4/c1-22-14-3-2-13(18(5-4-16)6-7-19)9-11(14)8-12(17)10-15(20)21/h2-3,9,12,19H,4-8,10,17H2,1H3,(H,20,21)/t12-/m0/s1. The molecule has 0 aliphatic carbocycles. The zero-order chi connectivity index (χ0) is 16.5. The molecule has 22 heavy (non-hydrogen) atoms. The van der Waals surface area contributed by atoms with Crippen molar-refractivity contribution < 1.29 is 19.7 Å². The van der Waals surface area contributed by atoms with E-state index in [4.69, 9.17) is 32.3 Å². The largest absolute Gasteiger partial charge is 0.496 e. The van der Waals surface area contributed by atoms with Gasteiger partial charge in [0.1, 0.15) is 5.75 Å². The topological polar surface area (TPSA) is 96.0 Å². The smallest absolute Gasteiger partial charge is 0.304 e. The number of carboxylic acid groups (broad SMARTS) is 1. The lowest BCUT2D eigenvalue weighted by molar-refractivity contribution is -0.137. The number of carboxylic acids is 1. The molecule has 0 spiro atoms. The van der Waals surface area contributed by atoms with Gasteiger partial charge in [0.25, 0.3) is 0 Å². The van der Waals surface area contributed by atoms with Crippen molar-refractivity contribution in [2.24, 2.45) is 5.73 Å². The van der Waals surface area contributed by atoms with E-state index in [0.29, 0.717) is 31.1 Å². The first kappa shape index (κ1) is 18.5. The molecule has 0 saturated carbocycles. The van der Waals surface area contributed by atoms with E-state index in [9.17, 15) is 4.79 Å². The minimum absolute atomic E-state index is 0.0246. The third-order valence-electron chi connectivity index (χ3n) is 3.27. The first-order chi connectivity index (χ1) is 10.5. The van der Waals surface area contributed by atoms with Crippen LogP contribution >= 0.6 is 11.6 Å². The van der Waals surface area contributed by atoms with E-state index in [1.54, 1.807) is 7.11 Å². The van der Waals surface area contributed by atoms with Crippen molar-refractivity contribution >= 4 is 23.3 Å². The number of rotatable bonds is 10. The molecule has 1 aromatic rings. The van der Waals surface area contributed by atoms with Crippen molar-refractivity contribution in [2.75, 3.05) is 37.6 Å². The maximum absolute atomic E-state index is 10.7. The number of aliphatic hydroxyl groups excluding tert-OH is 1. The fourth-order valence-corrected chi connectivity index (χ4v) is 2.50. The molecule has 0 heterocycles. The number of aliphatic hydroxyl groups is 1. The Hall–Kier alpha value is -1.50. The number of ether oxygens (including phenoxy) is 1. The number of carbonyl (C=O) groups is 1. The normalized spacial score (nSPS) is 12.0. The lowest BCUT2D eigenvalue weighted by atomic mass is 10.0. The molecule has 0 aromatic heterocycles. The van der Waals surface area contributed by atoms with Crippen molar-refractivity contribution in [3.8, 4) is 5.75 Å². The summed E-state index contributed by atoms with van der Waals surface area (Å²) in [5.74, 6) is 0.186. The fourth-order valence-electron chi connectivity index (χ4n) is 2.29. The monoisotopic (exact) mass is 330 g/mol. The Kier molecular flexibility index (Phi) is 8.01. The van der Waals surface area contributed by atoms with Crippen molar-refractivity contribution in [3.05, 3.63) is 23.8 Å². The number of aliphatic carboxylic acids is 1. The Bertz CT molecular complexity index is 479. The number of methoxy groups -OCH3 is 1. The van der Waals surface area contributed by atoms with Gasteiger partial charge in [-0.25, -0.2) is 0 Å². The maximum Gasteiger partial charge on any atom is 0.304 e. The third-order valence-corrected chi connectivity index (χ3v) is 3.44. The summed E-state index contributed by atoms with van der Waals surface area (Å²) in [5, 5.41) is 18.0. The van der Waals surface area contributed by atoms with E-state index in [2.05, 4.69) is 0 Å². The number of hydrogen-bond donors (Lipinski definition) is 3. The Balaban J connectivity index is 2.98. The van der Waals surface area contributed by atoms with Crippen molar-refractivity contribution in [1.29, 1.82) is 0 Å². The molecule has 0 fully saturated rings. The number of nitrogens with two attached hydrogens (primary N) is 1. The predicted octanol–water partition coefficient (Wildman–Crippen LogP) is 1.08. The first-order valence-electron chi connectivity index (χ1n) is 7.07. The number of hydrogen-bond acceptors (Lipinski definition) is 5. The molecule has 1 atom stereocenters. The number of benzene rings is 1. The molecule has 4 N–H and O–H groups in total. The predicted molar refractivity (Wildman–Crippen MR) is 86.9 cm³/mol. The molecule has 6 nitrogen and oxygen atoms in total. The molecule has 0 radical (unpaired) electrons. The number of nitrogens with zero attached hydrogens (tertiary/aromatic N) is 1. The third kappa shape index (κ3) is 5.71. The van der Waals surface area contributed by atoms with Gasteiger partial charge in [-0.1, -0.05) is 0 Å². The number of halogens is 1. The molecule has 0 aliphatic heterocycles. The maximum atomic E-state index is 10.7. The summed E-state index contributed by atoms with van der Waals surface area (Å²) in [4.78, 5) is 12.7. The SMILES string of the molecule is COc1ccc(N(CCO)CCCl)cc1C[C@H](N)CC(=O)O. The number of alkyl halides is 1. The van der Waals surface area contributed by atoms with Crippen LogP contribution in [0.1, 0.15) is 12.0 Å². The minimum atomic E-state index is -0.924. The lowest BCUT2D eigenvalue weighted by Gasteiger charge is -2.24. The molecular formula is C15H23ClN2O4. The van der Waals surface area contributed by atoms with Crippen molar-refractivity contribution in [1.82, 2.24) is 0 Å². The summed E-state index contributed by atoms with van der Waals surface area (Å²) in [5.41, 5.74) is 7.60. The molecule has 7 heteroatoms. The van der Waals surface area contributed by atoms with E-state index in [1.165, 1.54) is 0 Å². The van der Waals surface area contributed by atoms with Gasteiger partial charge in [-0.15, -0.1) is 11.6 Å². The second kappa shape index (κ2) is 9.50. The molecular weight excluding hydrogens is 308 g/mol. The second-order valence-electron chi connectivity index (χ2n) is 4.96. The Morgan fingerprint density at radius 2 is 2.18 bits per heavy atom. The quantitative estimate of drug-likeness (QED) is 0.555. The van der Waals surface area contributed by atoms with Gasteiger partial charge in [0.05, 0.1) is 20.1 Å². The molecule has 1 aromatic carbocycles. The molecule has 124 valence electrons. The zero-order valence-electron chi connectivity index (χ0n) is 12.7. The highest BCUT2D eigenvalue weighted by atomic mass is 35.5. The highest BCUT2D eigenvalue weighted by Gasteiger charge is 2.14.